The summed E-state index contributed by atoms with van der Waals surface area (Å²) in [6.07, 6.45) is 2.48. The van der Waals surface area contributed by atoms with E-state index in [1.165, 1.54) is 5.56 Å². The van der Waals surface area contributed by atoms with Crippen LogP contribution in [0.4, 0.5) is 0 Å². The Morgan fingerprint density at radius 1 is 1.37 bits per heavy atom. The first-order valence-electron chi connectivity index (χ1n) is 6.67. The second-order valence-corrected chi connectivity index (χ2v) is 8.11. The number of nitrogens with one attached hydrogen (secondary N) is 1. The lowest BCUT2D eigenvalue weighted by Crippen LogP contribution is -2.37. The molecule has 0 aromatic heterocycles. The van der Waals surface area contributed by atoms with E-state index < -0.39 is 9.84 Å². The van der Waals surface area contributed by atoms with Crippen molar-refractivity contribution in [2.45, 2.75) is 37.5 Å². The minimum Gasteiger partial charge on any atom is -0.313 e. The van der Waals surface area contributed by atoms with Crippen LogP contribution in [0.25, 0.3) is 0 Å². The fourth-order valence-corrected chi connectivity index (χ4v) is 4.37. The summed E-state index contributed by atoms with van der Waals surface area (Å²) in [7, 11) is -2.84. The summed E-state index contributed by atoms with van der Waals surface area (Å²) >= 11 is 5.84. The molecule has 2 unspecified atom stereocenters. The topological polar surface area (TPSA) is 46.2 Å². The third kappa shape index (κ3) is 4.20. The Bertz CT molecular complexity index is 513. The number of hydrogen-bond acceptors (Lipinski definition) is 3. The van der Waals surface area contributed by atoms with E-state index in [1.54, 1.807) is 0 Å². The van der Waals surface area contributed by atoms with Gasteiger partial charge in [-0.25, -0.2) is 8.42 Å². The zero-order valence-electron chi connectivity index (χ0n) is 11.1. The molecular weight excluding hydrogens is 282 g/mol. The van der Waals surface area contributed by atoms with Crippen LogP contribution in [0.15, 0.2) is 24.3 Å². The summed E-state index contributed by atoms with van der Waals surface area (Å²) < 4.78 is 23.4. The van der Waals surface area contributed by atoms with E-state index in [4.69, 9.17) is 11.6 Å². The van der Waals surface area contributed by atoms with Gasteiger partial charge in [-0.05, 0) is 43.9 Å². The van der Waals surface area contributed by atoms with Crippen molar-refractivity contribution in [3.63, 3.8) is 0 Å². The Balaban J connectivity index is 1.82. The highest BCUT2D eigenvalue weighted by molar-refractivity contribution is 7.92. The number of hydrogen-bond donors (Lipinski definition) is 1. The first-order valence-corrected chi connectivity index (χ1v) is 8.76. The molecule has 1 aromatic rings. The van der Waals surface area contributed by atoms with Crippen LogP contribution in [0.5, 0.6) is 0 Å². The van der Waals surface area contributed by atoms with E-state index in [9.17, 15) is 8.42 Å². The van der Waals surface area contributed by atoms with Crippen molar-refractivity contribution in [3.8, 4) is 0 Å². The van der Waals surface area contributed by atoms with Crippen molar-refractivity contribution in [2.24, 2.45) is 0 Å². The summed E-state index contributed by atoms with van der Waals surface area (Å²) in [6.45, 7) is 2.65. The average Bonchev–Trinajstić information content (AvgIpc) is 2.69. The molecule has 19 heavy (non-hydrogen) atoms. The lowest BCUT2D eigenvalue weighted by atomic mass is 10.1. The molecule has 1 N–H and O–H groups in total. The summed E-state index contributed by atoms with van der Waals surface area (Å²) in [5.74, 6) is 0.352. The predicted molar refractivity (Wildman–Crippen MR) is 79.4 cm³/mol. The van der Waals surface area contributed by atoms with E-state index in [-0.39, 0.29) is 11.3 Å². The molecule has 106 valence electrons. The van der Waals surface area contributed by atoms with Gasteiger partial charge in [0.2, 0.25) is 0 Å². The van der Waals surface area contributed by atoms with Gasteiger partial charge in [-0.1, -0.05) is 23.7 Å². The van der Waals surface area contributed by atoms with E-state index >= 15 is 0 Å². The maximum Gasteiger partial charge on any atom is 0.154 e. The van der Waals surface area contributed by atoms with Gasteiger partial charge in [-0.3, -0.25) is 0 Å². The van der Waals surface area contributed by atoms with Crippen molar-refractivity contribution in [3.05, 3.63) is 34.9 Å². The Morgan fingerprint density at radius 3 is 2.63 bits per heavy atom. The molecule has 1 heterocycles. The average molecular weight is 302 g/mol. The molecule has 1 fully saturated rings. The molecule has 0 saturated carbocycles. The van der Waals surface area contributed by atoms with Crippen molar-refractivity contribution in [1.82, 2.24) is 5.32 Å². The van der Waals surface area contributed by atoms with Gasteiger partial charge in [0.05, 0.1) is 11.0 Å². The highest BCUT2D eigenvalue weighted by atomic mass is 35.5. The lowest BCUT2D eigenvalue weighted by Gasteiger charge is -2.17. The Labute approximate surface area is 120 Å². The number of rotatable bonds is 5. The Kier molecular flexibility index (Phi) is 4.87. The SMILES string of the molecule is CC(Cc1ccc(Cl)cc1)NCC1CCCS1(=O)=O. The van der Waals surface area contributed by atoms with Crippen molar-refractivity contribution in [2.75, 3.05) is 12.3 Å². The second-order valence-electron chi connectivity index (χ2n) is 5.27. The van der Waals surface area contributed by atoms with Crippen molar-refractivity contribution < 1.29 is 8.42 Å². The molecule has 1 aromatic carbocycles. The first-order chi connectivity index (χ1) is 8.97. The molecular formula is C14H20ClNO2S. The van der Waals surface area contributed by atoms with Crippen LogP contribution in [0.2, 0.25) is 5.02 Å². The van der Waals surface area contributed by atoms with Gasteiger partial charge in [0.25, 0.3) is 0 Å². The number of sulfone groups is 1. The molecule has 2 atom stereocenters. The smallest absolute Gasteiger partial charge is 0.154 e. The molecule has 0 aliphatic carbocycles. The highest BCUT2D eigenvalue weighted by Crippen LogP contribution is 2.19. The van der Waals surface area contributed by atoms with Gasteiger partial charge in [0.15, 0.2) is 9.84 Å². The van der Waals surface area contributed by atoms with Crippen LogP contribution in [0.3, 0.4) is 0 Å². The molecule has 5 heteroatoms. The maximum atomic E-state index is 11.7. The minimum absolute atomic E-state index is 0.194. The normalized spacial score (nSPS) is 23.4. The van der Waals surface area contributed by atoms with Crippen LogP contribution in [-0.4, -0.2) is 32.0 Å². The van der Waals surface area contributed by atoms with Crippen LogP contribution < -0.4 is 5.32 Å². The zero-order chi connectivity index (χ0) is 13.9. The van der Waals surface area contributed by atoms with Gasteiger partial charge in [-0.15, -0.1) is 0 Å². The van der Waals surface area contributed by atoms with Crippen LogP contribution in [0, 0.1) is 0 Å². The molecule has 1 aliphatic rings. The van der Waals surface area contributed by atoms with Crippen LogP contribution in [-0.2, 0) is 16.3 Å². The largest absolute Gasteiger partial charge is 0.313 e. The molecule has 1 saturated heterocycles. The quantitative estimate of drug-likeness (QED) is 0.908. The van der Waals surface area contributed by atoms with E-state index in [0.29, 0.717) is 12.3 Å². The van der Waals surface area contributed by atoms with E-state index in [2.05, 4.69) is 12.2 Å². The molecule has 3 nitrogen and oxygen atoms in total. The molecule has 0 spiro atoms. The van der Waals surface area contributed by atoms with Crippen molar-refractivity contribution >= 4 is 21.4 Å². The fourth-order valence-electron chi connectivity index (χ4n) is 2.47. The van der Waals surface area contributed by atoms with E-state index in [0.717, 1.165) is 24.3 Å². The lowest BCUT2D eigenvalue weighted by molar-refractivity contribution is 0.521. The van der Waals surface area contributed by atoms with Gasteiger partial charge in [0, 0.05) is 17.6 Å². The molecule has 0 amide bonds. The van der Waals surface area contributed by atoms with Gasteiger partial charge >= 0.3 is 0 Å². The third-order valence-electron chi connectivity index (χ3n) is 3.61. The number of halogens is 1. The van der Waals surface area contributed by atoms with Crippen LogP contribution >= 0.6 is 11.6 Å². The molecule has 2 rings (SSSR count). The van der Waals surface area contributed by atoms with Gasteiger partial charge in [-0.2, -0.15) is 0 Å². The summed E-state index contributed by atoms with van der Waals surface area (Å²) in [4.78, 5) is 0. The summed E-state index contributed by atoms with van der Waals surface area (Å²) in [6, 6.07) is 8.03. The standard InChI is InChI=1S/C14H20ClNO2S/c1-11(9-12-4-6-13(15)7-5-12)16-10-14-3-2-8-19(14,17)18/h4-7,11,14,16H,2-3,8-10H2,1H3. The number of benzene rings is 1. The minimum atomic E-state index is -2.84. The maximum absolute atomic E-state index is 11.7. The summed E-state index contributed by atoms with van der Waals surface area (Å²) in [5, 5.41) is 3.87. The predicted octanol–water partition coefficient (Wildman–Crippen LogP) is 2.44. The highest BCUT2D eigenvalue weighted by Gasteiger charge is 2.30. The summed E-state index contributed by atoms with van der Waals surface area (Å²) in [5.41, 5.74) is 1.21. The van der Waals surface area contributed by atoms with E-state index in [1.807, 2.05) is 24.3 Å². The molecule has 0 bridgehead atoms. The monoisotopic (exact) mass is 301 g/mol. The molecule has 1 aliphatic heterocycles. The van der Waals surface area contributed by atoms with Crippen LogP contribution in [0.1, 0.15) is 25.3 Å². The third-order valence-corrected chi connectivity index (χ3v) is 6.14. The fraction of sp³-hybridized carbons (Fsp3) is 0.571. The zero-order valence-corrected chi connectivity index (χ0v) is 12.7. The molecule has 0 radical (unpaired) electrons. The van der Waals surface area contributed by atoms with Crippen molar-refractivity contribution in [1.29, 1.82) is 0 Å². The second kappa shape index (κ2) is 6.25. The van der Waals surface area contributed by atoms with Gasteiger partial charge < -0.3 is 5.32 Å². The first kappa shape index (κ1) is 14.8. The Hall–Kier alpha value is -0.580. The van der Waals surface area contributed by atoms with Gasteiger partial charge in [0.1, 0.15) is 0 Å². The Morgan fingerprint density at radius 2 is 2.05 bits per heavy atom.